The molecule has 2 atom stereocenters. The van der Waals surface area contributed by atoms with E-state index in [-0.39, 0.29) is 6.10 Å². The molecule has 0 spiro atoms. The number of aliphatic carboxylic acids is 1. The van der Waals surface area contributed by atoms with E-state index in [2.05, 4.69) is 5.32 Å². The van der Waals surface area contributed by atoms with Crippen molar-refractivity contribution < 1.29 is 14.6 Å². The predicted molar refractivity (Wildman–Crippen MR) is 70.5 cm³/mol. The summed E-state index contributed by atoms with van der Waals surface area (Å²) in [6.45, 7) is 0.493. The Morgan fingerprint density at radius 1 is 1.39 bits per heavy atom. The van der Waals surface area contributed by atoms with Gasteiger partial charge in [-0.05, 0) is 25.0 Å². The molecule has 2 unspecified atom stereocenters. The molecule has 1 aliphatic rings. The third-order valence-corrected chi connectivity index (χ3v) is 3.48. The van der Waals surface area contributed by atoms with Crippen LogP contribution in [-0.4, -0.2) is 29.8 Å². The number of hydrogen-bond donors (Lipinski definition) is 2. The molecule has 6 heteroatoms. The van der Waals surface area contributed by atoms with Crippen LogP contribution >= 0.6 is 23.2 Å². The van der Waals surface area contributed by atoms with Gasteiger partial charge in [0.15, 0.2) is 6.10 Å². The van der Waals surface area contributed by atoms with Gasteiger partial charge >= 0.3 is 5.97 Å². The van der Waals surface area contributed by atoms with Crippen LogP contribution in [-0.2, 0) is 9.53 Å². The van der Waals surface area contributed by atoms with Crippen LogP contribution in [0.3, 0.4) is 0 Å². The van der Waals surface area contributed by atoms with Crippen LogP contribution in [0.1, 0.15) is 12.8 Å². The largest absolute Gasteiger partial charge is 0.479 e. The summed E-state index contributed by atoms with van der Waals surface area (Å²) in [5.41, 5.74) is 0.656. The van der Waals surface area contributed by atoms with E-state index >= 15 is 0 Å². The van der Waals surface area contributed by atoms with Gasteiger partial charge in [0.05, 0.1) is 21.8 Å². The van der Waals surface area contributed by atoms with Gasteiger partial charge in [-0.1, -0.05) is 29.3 Å². The smallest absolute Gasteiger partial charge is 0.332 e. The van der Waals surface area contributed by atoms with Gasteiger partial charge in [0.25, 0.3) is 0 Å². The van der Waals surface area contributed by atoms with Gasteiger partial charge in [0.1, 0.15) is 0 Å². The average Bonchev–Trinajstić information content (AvgIpc) is 2.77. The van der Waals surface area contributed by atoms with Crippen LogP contribution in [0.4, 0.5) is 5.69 Å². The summed E-state index contributed by atoms with van der Waals surface area (Å²) in [7, 11) is 0. The molecule has 98 valence electrons. The molecule has 0 amide bonds. The molecule has 0 aliphatic carbocycles. The number of hydrogen-bond acceptors (Lipinski definition) is 3. The predicted octanol–water partition coefficient (Wildman–Crippen LogP) is 3.04. The monoisotopic (exact) mass is 289 g/mol. The van der Waals surface area contributed by atoms with Gasteiger partial charge in [-0.2, -0.15) is 0 Å². The van der Waals surface area contributed by atoms with E-state index in [0.29, 0.717) is 35.1 Å². The molecule has 0 bridgehead atoms. The van der Waals surface area contributed by atoms with Gasteiger partial charge in [-0.3, -0.25) is 0 Å². The van der Waals surface area contributed by atoms with E-state index in [9.17, 15) is 4.79 Å². The SMILES string of the molecule is O=C(O)C1CCC(CNc2c(Cl)cccc2Cl)O1. The third-order valence-electron chi connectivity index (χ3n) is 2.85. The maximum Gasteiger partial charge on any atom is 0.332 e. The Morgan fingerprint density at radius 3 is 2.61 bits per heavy atom. The van der Waals surface area contributed by atoms with Crippen LogP contribution in [0.2, 0.25) is 10.0 Å². The zero-order chi connectivity index (χ0) is 13.1. The molecule has 18 heavy (non-hydrogen) atoms. The highest BCUT2D eigenvalue weighted by Gasteiger charge is 2.30. The lowest BCUT2D eigenvalue weighted by atomic mass is 10.2. The Hall–Kier alpha value is -0.970. The number of halogens is 2. The maximum atomic E-state index is 10.7. The minimum Gasteiger partial charge on any atom is -0.479 e. The quantitative estimate of drug-likeness (QED) is 0.894. The lowest BCUT2D eigenvalue weighted by Gasteiger charge is -2.15. The molecule has 4 nitrogen and oxygen atoms in total. The number of carbonyl (C=O) groups is 1. The molecule has 2 N–H and O–H groups in total. The van der Waals surface area contributed by atoms with Crippen molar-refractivity contribution in [3.63, 3.8) is 0 Å². The number of carboxylic acid groups (broad SMARTS) is 1. The molecule has 2 rings (SSSR count). The lowest BCUT2D eigenvalue weighted by molar-refractivity contribution is -0.149. The normalized spacial score (nSPS) is 23.0. The van der Waals surface area contributed by atoms with Crippen molar-refractivity contribution in [3.8, 4) is 0 Å². The minimum absolute atomic E-state index is 0.126. The van der Waals surface area contributed by atoms with Gasteiger partial charge in [0.2, 0.25) is 0 Å². The van der Waals surface area contributed by atoms with Crippen molar-refractivity contribution in [1.29, 1.82) is 0 Å². The number of para-hydroxylation sites is 1. The zero-order valence-corrected chi connectivity index (χ0v) is 11.0. The Labute approximate surface area is 115 Å². The lowest BCUT2D eigenvalue weighted by Crippen LogP contribution is -2.24. The highest BCUT2D eigenvalue weighted by atomic mass is 35.5. The van der Waals surface area contributed by atoms with Gasteiger partial charge in [0, 0.05) is 6.54 Å². The summed E-state index contributed by atoms with van der Waals surface area (Å²) in [5, 5.41) is 13.0. The van der Waals surface area contributed by atoms with Crippen LogP contribution in [0.5, 0.6) is 0 Å². The first-order chi connectivity index (χ1) is 8.58. The summed E-state index contributed by atoms with van der Waals surface area (Å²) >= 11 is 12.0. The van der Waals surface area contributed by atoms with Crippen molar-refractivity contribution in [1.82, 2.24) is 0 Å². The number of nitrogens with one attached hydrogen (secondary N) is 1. The first kappa shape index (κ1) is 13.5. The molecule has 1 aliphatic heterocycles. The van der Waals surface area contributed by atoms with Crippen LogP contribution in [0, 0.1) is 0 Å². The van der Waals surface area contributed by atoms with Crippen molar-refractivity contribution in [2.45, 2.75) is 25.0 Å². The van der Waals surface area contributed by atoms with E-state index < -0.39 is 12.1 Å². The second kappa shape index (κ2) is 5.78. The van der Waals surface area contributed by atoms with Crippen LogP contribution in [0.15, 0.2) is 18.2 Å². The number of ether oxygens (including phenoxy) is 1. The Bertz CT molecular complexity index is 433. The number of benzene rings is 1. The Morgan fingerprint density at radius 2 is 2.06 bits per heavy atom. The van der Waals surface area contributed by atoms with E-state index in [1.807, 2.05) is 0 Å². The molecular weight excluding hydrogens is 277 g/mol. The first-order valence-corrected chi connectivity index (χ1v) is 6.39. The highest BCUT2D eigenvalue weighted by molar-refractivity contribution is 6.39. The Kier molecular flexibility index (Phi) is 4.32. The highest BCUT2D eigenvalue weighted by Crippen LogP contribution is 2.30. The number of rotatable bonds is 4. The second-order valence-electron chi connectivity index (χ2n) is 4.14. The van der Waals surface area contributed by atoms with E-state index in [4.69, 9.17) is 33.0 Å². The summed E-state index contributed by atoms with van der Waals surface area (Å²) in [6, 6.07) is 5.25. The van der Waals surface area contributed by atoms with E-state index in [1.165, 1.54) is 0 Å². The fourth-order valence-electron chi connectivity index (χ4n) is 1.92. The Balaban J connectivity index is 1.91. The summed E-state index contributed by atoms with van der Waals surface area (Å²) in [4.78, 5) is 10.7. The van der Waals surface area contributed by atoms with Gasteiger partial charge in [-0.25, -0.2) is 4.79 Å². The summed E-state index contributed by atoms with van der Waals surface area (Å²) in [6.07, 6.45) is 0.432. The first-order valence-electron chi connectivity index (χ1n) is 5.64. The molecule has 1 heterocycles. The van der Waals surface area contributed by atoms with Crippen molar-refractivity contribution in [2.75, 3.05) is 11.9 Å². The van der Waals surface area contributed by atoms with Crippen molar-refractivity contribution in [3.05, 3.63) is 28.2 Å². The third kappa shape index (κ3) is 3.07. The number of carboxylic acids is 1. The van der Waals surface area contributed by atoms with Crippen molar-refractivity contribution >= 4 is 34.9 Å². The molecule has 1 aromatic carbocycles. The fourth-order valence-corrected chi connectivity index (χ4v) is 2.45. The molecule has 0 aromatic heterocycles. The molecular formula is C12H13Cl2NO3. The fraction of sp³-hybridized carbons (Fsp3) is 0.417. The maximum absolute atomic E-state index is 10.7. The van der Waals surface area contributed by atoms with Crippen LogP contribution < -0.4 is 5.32 Å². The minimum atomic E-state index is -0.909. The molecule has 1 aromatic rings. The topological polar surface area (TPSA) is 58.6 Å². The molecule has 1 saturated heterocycles. The van der Waals surface area contributed by atoms with Crippen molar-refractivity contribution in [2.24, 2.45) is 0 Å². The number of anilines is 1. The zero-order valence-electron chi connectivity index (χ0n) is 9.53. The average molecular weight is 290 g/mol. The van der Waals surface area contributed by atoms with E-state index in [1.54, 1.807) is 18.2 Å². The van der Waals surface area contributed by atoms with Crippen LogP contribution in [0.25, 0.3) is 0 Å². The van der Waals surface area contributed by atoms with E-state index in [0.717, 1.165) is 0 Å². The second-order valence-corrected chi connectivity index (χ2v) is 4.95. The van der Waals surface area contributed by atoms with Gasteiger partial charge < -0.3 is 15.2 Å². The summed E-state index contributed by atoms with van der Waals surface area (Å²) in [5.74, 6) is -0.909. The molecule has 0 radical (unpaired) electrons. The molecule has 0 saturated carbocycles. The summed E-state index contributed by atoms with van der Waals surface area (Å²) < 4.78 is 5.38. The standard InChI is InChI=1S/C12H13Cl2NO3/c13-8-2-1-3-9(14)11(8)15-6-7-4-5-10(18-7)12(16)17/h1-3,7,10,15H,4-6H2,(H,16,17). The molecule has 1 fully saturated rings. The van der Waals surface area contributed by atoms with Gasteiger partial charge in [-0.15, -0.1) is 0 Å².